The monoisotopic (exact) mass is 1320 g/mol. The number of carbonyl (C=O) groups excluding carboxylic acids is 1. The zero-order valence-electron chi connectivity index (χ0n) is 53.5. The normalized spacial score (nSPS) is 54.3. The minimum absolute atomic E-state index is 0.0832. The molecule has 11 aliphatic rings. The fraction of sp³-hybridized carbons (Fsp3) is 0.952. The Morgan fingerprint density at radius 1 is 0.489 bits per heavy atom. The molecule has 0 amide bonds. The third-order valence-electron chi connectivity index (χ3n) is 24.4. The number of hydrogen-bond acceptors (Lipinski definition) is 29. The molecule has 92 heavy (non-hydrogen) atoms. The van der Waals surface area contributed by atoms with Crippen LogP contribution < -0.4 is 0 Å². The lowest BCUT2D eigenvalue weighted by Crippen LogP contribution is -2.67. The minimum atomic E-state index is -1.93. The number of carbonyl (C=O) groups is 1. The van der Waals surface area contributed by atoms with Crippen molar-refractivity contribution in [2.45, 2.75) is 292 Å². The van der Waals surface area contributed by atoms with Crippen molar-refractivity contribution in [2.75, 3.05) is 33.0 Å². The Bertz CT molecular complexity index is 2580. The Balaban J connectivity index is 0.779. The molecule has 35 atom stereocenters. The number of esters is 1. The van der Waals surface area contributed by atoms with E-state index in [1.165, 1.54) is 12.5 Å². The van der Waals surface area contributed by atoms with Gasteiger partial charge in [-0.3, -0.25) is 4.79 Å². The predicted molar refractivity (Wildman–Crippen MR) is 309 cm³/mol. The van der Waals surface area contributed by atoms with Crippen LogP contribution >= 0.6 is 0 Å². The molecule has 6 aliphatic heterocycles. The summed E-state index contributed by atoms with van der Waals surface area (Å²) < 4.78 is 71.7. The van der Waals surface area contributed by atoms with Gasteiger partial charge < -0.3 is 139 Å². The van der Waals surface area contributed by atoms with Crippen LogP contribution in [0.15, 0.2) is 11.6 Å². The first-order valence-electron chi connectivity index (χ1n) is 32.9. The molecular weight excluding hydrogens is 1220 g/mol. The number of aliphatic hydroxyl groups excluding tert-OH is 16. The van der Waals surface area contributed by atoms with Crippen LogP contribution in [0.4, 0.5) is 0 Å². The van der Waals surface area contributed by atoms with Gasteiger partial charge in [-0.2, -0.15) is 0 Å². The van der Waals surface area contributed by atoms with Crippen LogP contribution in [-0.2, 0) is 61.6 Å². The van der Waals surface area contributed by atoms with Crippen LogP contribution in [0, 0.1) is 50.2 Å². The van der Waals surface area contributed by atoms with E-state index >= 15 is 4.79 Å². The molecule has 29 nitrogen and oxygen atoms in total. The van der Waals surface area contributed by atoms with Crippen molar-refractivity contribution in [3.05, 3.63) is 11.6 Å². The summed E-state index contributed by atoms with van der Waals surface area (Å²) in [7, 11) is 0. The summed E-state index contributed by atoms with van der Waals surface area (Å²) in [6.45, 7) is 14.6. The summed E-state index contributed by atoms with van der Waals surface area (Å²) >= 11 is 0. The summed E-state index contributed by atoms with van der Waals surface area (Å²) in [4.78, 5) is 15.5. The molecule has 16 N–H and O–H groups in total. The zero-order valence-corrected chi connectivity index (χ0v) is 53.5. The van der Waals surface area contributed by atoms with Crippen LogP contribution in [0.3, 0.4) is 0 Å². The summed E-state index contributed by atoms with van der Waals surface area (Å²) in [6, 6.07) is 0. The number of aliphatic hydroxyl groups is 16. The van der Waals surface area contributed by atoms with Crippen molar-refractivity contribution in [1.29, 1.82) is 0 Å². The zero-order chi connectivity index (χ0) is 66.9. The van der Waals surface area contributed by atoms with E-state index in [2.05, 4.69) is 54.5 Å². The summed E-state index contributed by atoms with van der Waals surface area (Å²) in [5.74, 6) is -0.582. The van der Waals surface area contributed by atoms with E-state index in [0.717, 1.165) is 25.7 Å². The van der Waals surface area contributed by atoms with Gasteiger partial charge in [0.25, 0.3) is 0 Å². The van der Waals surface area contributed by atoms with Crippen molar-refractivity contribution in [3.8, 4) is 0 Å². The van der Waals surface area contributed by atoms with Gasteiger partial charge in [-0.25, -0.2) is 0 Å². The average Bonchev–Trinajstić information content (AvgIpc) is 0.676. The standard InChI is InChI=1S/C63H102O29/c1-25-47(88-52-46(79)48(30(68)24-82-52)89-51-43(76)36(69)28(66)22-81-51)42(75)45(78)53(84-25)90-49-37(70)29(67)23-83-55(49)92-57(80)63-17-15-58(2,3)19-27(63)26-9-10-34-60(6)13-12-35(59(4,5)33(60)11-14-62(34,8)61(26,7)16-18-63)87-56-50(41(74)39(72)32(21-65)86-56)91-54-44(77)40(73)38(71)31(20-64)85-54/h9,25,27-56,64-79H,10-24H2,1-8H3/t25-,27-,28-,29-,30+,31+,32+,33-,34+,35-,36-,37-,38+,39+,40-,41-,42-,43+,44+,45+,46+,47-,48-,49+,50+,51-,52-,53-,54-,55-,56-,60-,61+,62+,63-/m0/s1. The Kier molecular flexibility index (Phi) is 20.7. The summed E-state index contributed by atoms with van der Waals surface area (Å²) in [5.41, 5.74) is -1.45. The van der Waals surface area contributed by atoms with Crippen LogP contribution in [0.25, 0.3) is 0 Å². The van der Waals surface area contributed by atoms with E-state index in [1.54, 1.807) is 0 Å². The smallest absolute Gasteiger partial charge is 0.315 e. The fourth-order valence-corrected chi connectivity index (χ4v) is 18.6. The van der Waals surface area contributed by atoms with Gasteiger partial charge in [0, 0.05) is 0 Å². The molecule has 528 valence electrons. The molecular formula is C63H102O29. The van der Waals surface area contributed by atoms with Gasteiger partial charge in [-0.05, 0) is 116 Å². The summed E-state index contributed by atoms with van der Waals surface area (Å²) in [5, 5.41) is 173. The van der Waals surface area contributed by atoms with Crippen molar-refractivity contribution < 1.29 is 143 Å². The van der Waals surface area contributed by atoms with E-state index < -0.39 is 222 Å². The van der Waals surface area contributed by atoms with E-state index in [9.17, 15) is 81.7 Å². The van der Waals surface area contributed by atoms with Crippen molar-refractivity contribution in [3.63, 3.8) is 0 Å². The maximum Gasteiger partial charge on any atom is 0.315 e. The summed E-state index contributed by atoms with van der Waals surface area (Å²) in [6.07, 6.45) is -34.9. The number of rotatable bonds is 14. The average molecular weight is 1320 g/mol. The highest BCUT2D eigenvalue weighted by Gasteiger charge is 2.71. The lowest BCUT2D eigenvalue weighted by molar-refractivity contribution is -0.378. The van der Waals surface area contributed by atoms with Crippen molar-refractivity contribution >= 4 is 5.97 Å². The molecule has 10 fully saturated rings. The van der Waals surface area contributed by atoms with Crippen LogP contribution in [-0.4, -0.2) is 293 Å². The molecule has 0 aromatic carbocycles. The quantitative estimate of drug-likeness (QED) is 0.0457. The van der Waals surface area contributed by atoms with E-state index in [0.29, 0.717) is 38.5 Å². The van der Waals surface area contributed by atoms with Gasteiger partial charge in [0.15, 0.2) is 37.6 Å². The molecule has 4 saturated carbocycles. The lowest BCUT2D eigenvalue weighted by atomic mass is 9.33. The van der Waals surface area contributed by atoms with Gasteiger partial charge in [-0.15, -0.1) is 0 Å². The second kappa shape index (κ2) is 26.7. The van der Waals surface area contributed by atoms with Gasteiger partial charge in [0.05, 0.1) is 50.7 Å². The highest BCUT2D eigenvalue weighted by Crippen LogP contribution is 2.76. The van der Waals surface area contributed by atoms with Crippen LogP contribution in [0.2, 0.25) is 0 Å². The molecule has 29 heteroatoms. The van der Waals surface area contributed by atoms with E-state index in [-0.39, 0.29) is 39.4 Å². The molecule has 0 aromatic heterocycles. The highest BCUT2D eigenvalue weighted by atomic mass is 16.8. The minimum Gasteiger partial charge on any atom is -0.432 e. The first-order valence-corrected chi connectivity index (χ1v) is 32.9. The number of fused-ring (bicyclic) bond motifs is 7. The topological polar surface area (TPSA) is 452 Å². The maximum atomic E-state index is 15.5. The SMILES string of the molecule is C[C@@H]1O[C@@H](O[C@H]2[C@H](OC(=O)[C@]34CCC(C)(C)C[C@H]3C3=CC[C@@H]5[C@@]6(C)CC[C@H](O[C@@H]7O[C@H](CO)[C@@H](O)[C@H](O)[C@H]7O[C@@H]7O[C@H](CO)[C@@H](O)[C@H](O)[C@H]7O)C(C)(C)[C@@H]6CC[C@@]5(C)[C@]3(C)CC4)OC[C@H](O)[C@@H]2O)[C@H](O)[C@H](O)[C@H]1O[C@@H]1OC[C@@H](O)[C@H](O[C@@H]2OC[C@H](O)[C@H](O)[C@H]2O)[C@H]1O. The van der Waals surface area contributed by atoms with E-state index in [4.69, 9.17) is 56.8 Å². The van der Waals surface area contributed by atoms with Gasteiger partial charge in [0.1, 0.15) is 116 Å². The predicted octanol–water partition coefficient (Wildman–Crippen LogP) is -3.44. The molecule has 11 rings (SSSR count). The molecule has 6 heterocycles. The number of ether oxygens (including phenoxy) is 12. The largest absolute Gasteiger partial charge is 0.432 e. The number of hydrogen-bond donors (Lipinski definition) is 16. The molecule has 0 bridgehead atoms. The van der Waals surface area contributed by atoms with Gasteiger partial charge >= 0.3 is 5.97 Å². The van der Waals surface area contributed by atoms with Crippen LogP contribution in [0.5, 0.6) is 0 Å². The molecule has 6 saturated heterocycles. The molecule has 0 spiro atoms. The van der Waals surface area contributed by atoms with Crippen LogP contribution in [0.1, 0.15) is 120 Å². The Hall–Kier alpha value is -1.87. The van der Waals surface area contributed by atoms with E-state index in [1.807, 2.05) is 0 Å². The second-order valence-corrected chi connectivity index (χ2v) is 30.5. The second-order valence-electron chi connectivity index (χ2n) is 30.5. The first kappa shape index (κ1) is 71.4. The third-order valence-corrected chi connectivity index (χ3v) is 24.4. The fourth-order valence-electron chi connectivity index (χ4n) is 18.6. The third kappa shape index (κ3) is 12.2. The maximum absolute atomic E-state index is 15.5. The van der Waals surface area contributed by atoms with Crippen molar-refractivity contribution in [2.24, 2.45) is 50.2 Å². The Morgan fingerprint density at radius 3 is 1.67 bits per heavy atom. The lowest BCUT2D eigenvalue weighted by Gasteiger charge is -2.71. The Morgan fingerprint density at radius 2 is 1.01 bits per heavy atom. The molecule has 0 radical (unpaired) electrons. The molecule has 5 aliphatic carbocycles. The van der Waals surface area contributed by atoms with Gasteiger partial charge in [-0.1, -0.05) is 60.1 Å². The van der Waals surface area contributed by atoms with Gasteiger partial charge in [0.2, 0.25) is 6.29 Å². The molecule has 0 unspecified atom stereocenters. The first-order chi connectivity index (χ1) is 43.2. The van der Waals surface area contributed by atoms with Crippen molar-refractivity contribution in [1.82, 2.24) is 0 Å². The Labute approximate surface area is 534 Å². The number of allylic oxidation sites excluding steroid dienone is 2. The molecule has 0 aromatic rings. The highest BCUT2D eigenvalue weighted by molar-refractivity contribution is 5.79.